The molecule has 0 bridgehead atoms. The van der Waals surface area contributed by atoms with Crippen LogP contribution in [-0.4, -0.2) is 28.4 Å². The van der Waals surface area contributed by atoms with E-state index < -0.39 is 11.9 Å². The number of fused-ring (bicyclic) bond motifs is 1. The number of benzene rings is 1. The Morgan fingerprint density at radius 1 is 1.00 bits per heavy atom. The number of rotatable bonds is 2. The van der Waals surface area contributed by atoms with Gasteiger partial charge in [0.1, 0.15) is 0 Å². The van der Waals surface area contributed by atoms with Crippen LogP contribution in [0.5, 0.6) is 0 Å². The zero-order valence-corrected chi connectivity index (χ0v) is 13.5. The summed E-state index contributed by atoms with van der Waals surface area (Å²) in [5.41, 5.74) is 1.84. The largest absolute Gasteiger partial charge is 0.481 e. The van der Waals surface area contributed by atoms with E-state index in [0.717, 1.165) is 36.8 Å². The Labute approximate surface area is 137 Å². The van der Waals surface area contributed by atoms with E-state index in [1.807, 2.05) is 24.3 Å². The average molecular weight is 315 g/mol. The third-order valence-electron chi connectivity index (χ3n) is 5.26. The Bertz CT molecular complexity index is 576. The smallest absolute Gasteiger partial charge is 0.312 e. The van der Waals surface area contributed by atoms with Gasteiger partial charge >= 0.3 is 5.97 Å². The first-order valence-electron chi connectivity index (χ1n) is 8.76. The Morgan fingerprint density at radius 2 is 1.65 bits per heavy atom. The van der Waals surface area contributed by atoms with Crippen LogP contribution in [0.1, 0.15) is 62.0 Å². The second kappa shape index (κ2) is 7.16. The molecule has 1 atom stereocenters. The van der Waals surface area contributed by atoms with Crippen molar-refractivity contribution >= 4 is 11.9 Å². The van der Waals surface area contributed by atoms with Crippen molar-refractivity contribution in [1.29, 1.82) is 0 Å². The van der Waals surface area contributed by atoms with Crippen LogP contribution in [0.15, 0.2) is 24.3 Å². The lowest BCUT2D eigenvalue weighted by molar-refractivity contribution is -0.143. The summed E-state index contributed by atoms with van der Waals surface area (Å²) in [6.45, 7) is 0.858. The van der Waals surface area contributed by atoms with Gasteiger partial charge in [0.2, 0.25) is 5.91 Å². The molecule has 3 rings (SSSR count). The maximum atomic E-state index is 12.9. The molecule has 1 amide bonds. The molecule has 1 heterocycles. The van der Waals surface area contributed by atoms with Gasteiger partial charge in [-0.25, -0.2) is 0 Å². The van der Waals surface area contributed by atoms with Crippen LogP contribution in [-0.2, 0) is 16.1 Å². The van der Waals surface area contributed by atoms with E-state index in [4.69, 9.17) is 0 Å². The number of carbonyl (C=O) groups excluding carboxylic acids is 1. The predicted molar refractivity (Wildman–Crippen MR) is 88.0 cm³/mol. The molecule has 2 aliphatic rings. The van der Waals surface area contributed by atoms with Gasteiger partial charge in [0.05, 0.1) is 5.92 Å². The van der Waals surface area contributed by atoms with Gasteiger partial charge in [-0.15, -0.1) is 0 Å². The lowest BCUT2D eigenvalue weighted by Gasteiger charge is -2.35. The highest BCUT2D eigenvalue weighted by atomic mass is 16.4. The average Bonchev–Trinajstić information content (AvgIpc) is 2.53. The molecular formula is C19H25NO3. The van der Waals surface area contributed by atoms with Crippen molar-refractivity contribution < 1.29 is 14.7 Å². The van der Waals surface area contributed by atoms with Gasteiger partial charge in [0, 0.05) is 19.0 Å². The van der Waals surface area contributed by atoms with Gasteiger partial charge in [-0.2, -0.15) is 0 Å². The Morgan fingerprint density at radius 3 is 2.35 bits per heavy atom. The first-order chi connectivity index (χ1) is 11.2. The highest BCUT2D eigenvalue weighted by molar-refractivity contribution is 5.82. The van der Waals surface area contributed by atoms with E-state index in [1.54, 1.807) is 4.90 Å². The van der Waals surface area contributed by atoms with Crippen LogP contribution in [0.3, 0.4) is 0 Å². The zero-order chi connectivity index (χ0) is 16.2. The summed E-state index contributed by atoms with van der Waals surface area (Å²) in [6, 6.07) is 7.62. The maximum absolute atomic E-state index is 12.9. The van der Waals surface area contributed by atoms with Crippen LogP contribution >= 0.6 is 0 Å². The highest BCUT2D eigenvalue weighted by Gasteiger charge is 2.34. The molecule has 1 fully saturated rings. The minimum absolute atomic E-state index is 0.0787. The van der Waals surface area contributed by atoms with Crippen molar-refractivity contribution in [2.24, 2.45) is 5.92 Å². The van der Waals surface area contributed by atoms with Crippen LogP contribution in [0.4, 0.5) is 0 Å². The molecular weight excluding hydrogens is 290 g/mol. The van der Waals surface area contributed by atoms with E-state index in [0.29, 0.717) is 13.1 Å². The molecule has 1 aliphatic carbocycles. The normalized spacial score (nSPS) is 22.8. The minimum atomic E-state index is -0.840. The summed E-state index contributed by atoms with van der Waals surface area (Å²) in [5.74, 6) is -1.20. The van der Waals surface area contributed by atoms with Gasteiger partial charge < -0.3 is 10.0 Å². The van der Waals surface area contributed by atoms with Crippen molar-refractivity contribution in [3.63, 3.8) is 0 Å². The fourth-order valence-electron chi connectivity index (χ4n) is 3.95. The molecule has 23 heavy (non-hydrogen) atoms. The summed E-state index contributed by atoms with van der Waals surface area (Å²) < 4.78 is 0. The molecule has 124 valence electrons. The molecule has 1 N–H and O–H groups in total. The lowest BCUT2D eigenvalue weighted by atomic mass is 9.86. The molecule has 0 radical (unpaired) electrons. The summed E-state index contributed by atoms with van der Waals surface area (Å²) in [7, 11) is 0. The Balaban J connectivity index is 1.77. The molecule has 1 aromatic carbocycles. The van der Waals surface area contributed by atoms with Crippen molar-refractivity contribution in [2.45, 2.75) is 57.4 Å². The molecule has 1 unspecified atom stereocenters. The summed E-state index contributed by atoms with van der Waals surface area (Å²) in [6.07, 6.45) is 7.84. The predicted octanol–water partition coefficient (Wildman–Crippen LogP) is 3.56. The van der Waals surface area contributed by atoms with Crippen LogP contribution in [0, 0.1) is 5.92 Å². The number of carboxylic acid groups (broad SMARTS) is 1. The van der Waals surface area contributed by atoms with Gasteiger partial charge in [-0.3, -0.25) is 9.59 Å². The van der Waals surface area contributed by atoms with Crippen molar-refractivity contribution in [3.8, 4) is 0 Å². The second-order valence-electron chi connectivity index (χ2n) is 6.85. The number of hydrogen-bond donors (Lipinski definition) is 1. The SMILES string of the molecule is O=C(O)C1CN(C(=O)C2CCCCCCC2)Cc2ccccc21. The summed E-state index contributed by atoms with van der Waals surface area (Å²) in [5, 5.41) is 9.54. The molecule has 0 spiro atoms. The van der Waals surface area contributed by atoms with Crippen LogP contribution in [0.25, 0.3) is 0 Å². The molecule has 0 aromatic heterocycles. The zero-order valence-electron chi connectivity index (χ0n) is 13.5. The topological polar surface area (TPSA) is 57.6 Å². The van der Waals surface area contributed by atoms with Crippen LogP contribution in [0.2, 0.25) is 0 Å². The molecule has 0 saturated heterocycles. The van der Waals surface area contributed by atoms with Crippen molar-refractivity contribution in [1.82, 2.24) is 4.90 Å². The first kappa shape index (κ1) is 16.0. The van der Waals surface area contributed by atoms with Gasteiger partial charge in [0.15, 0.2) is 0 Å². The van der Waals surface area contributed by atoms with Gasteiger partial charge in [0.25, 0.3) is 0 Å². The van der Waals surface area contributed by atoms with Gasteiger partial charge in [-0.05, 0) is 24.0 Å². The number of hydrogen-bond acceptors (Lipinski definition) is 2. The van der Waals surface area contributed by atoms with E-state index in [9.17, 15) is 14.7 Å². The molecule has 1 aromatic rings. The first-order valence-corrected chi connectivity index (χ1v) is 8.76. The Hall–Kier alpha value is -1.84. The third-order valence-corrected chi connectivity index (χ3v) is 5.26. The fourth-order valence-corrected chi connectivity index (χ4v) is 3.95. The molecule has 1 saturated carbocycles. The van der Waals surface area contributed by atoms with Crippen molar-refractivity contribution in [3.05, 3.63) is 35.4 Å². The number of carbonyl (C=O) groups is 2. The maximum Gasteiger partial charge on any atom is 0.312 e. The van der Waals surface area contributed by atoms with E-state index in [1.165, 1.54) is 19.3 Å². The standard InChI is InChI=1S/C19H25NO3/c21-18(14-8-4-2-1-3-5-9-14)20-12-15-10-6-7-11-16(15)17(13-20)19(22)23/h6-7,10-11,14,17H,1-5,8-9,12-13H2,(H,22,23). The lowest BCUT2D eigenvalue weighted by Crippen LogP contribution is -2.43. The minimum Gasteiger partial charge on any atom is -0.481 e. The third kappa shape index (κ3) is 3.57. The molecule has 4 heteroatoms. The fraction of sp³-hybridized carbons (Fsp3) is 0.579. The molecule has 4 nitrogen and oxygen atoms in total. The summed E-state index contributed by atoms with van der Waals surface area (Å²) >= 11 is 0. The Kier molecular flexibility index (Phi) is 4.99. The number of nitrogens with zero attached hydrogens (tertiary/aromatic N) is 1. The summed E-state index contributed by atoms with van der Waals surface area (Å²) in [4.78, 5) is 26.3. The number of carboxylic acids is 1. The van der Waals surface area contributed by atoms with E-state index in [-0.39, 0.29) is 11.8 Å². The number of aliphatic carboxylic acids is 1. The monoisotopic (exact) mass is 315 g/mol. The highest BCUT2D eigenvalue weighted by Crippen LogP contribution is 2.31. The van der Waals surface area contributed by atoms with Crippen LogP contribution < -0.4 is 0 Å². The van der Waals surface area contributed by atoms with Gasteiger partial charge in [-0.1, -0.05) is 56.4 Å². The molecule has 1 aliphatic heterocycles. The quantitative estimate of drug-likeness (QED) is 0.908. The second-order valence-corrected chi connectivity index (χ2v) is 6.85. The van der Waals surface area contributed by atoms with Crippen molar-refractivity contribution in [2.75, 3.05) is 6.54 Å². The number of amides is 1. The van der Waals surface area contributed by atoms with E-state index in [2.05, 4.69) is 0 Å². The van der Waals surface area contributed by atoms with E-state index >= 15 is 0 Å².